The van der Waals surface area contributed by atoms with E-state index < -0.39 is 0 Å². The molecule has 140 valence electrons. The smallest absolute Gasteiger partial charge is 0.337 e. The van der Waals surface area contributed by atoms with Gasteiger partial charge in [0, 0.05) is 12.0 Å². The molecule has 0 unspecified atom stereocenters. The summed E-state index contributed by atoms with van der Waals surface area (Å²) in [6, 6.07) is 7.03. The van der Waals surface area contributed by atoms with Crippen LogP contribution in [0.4, 0.5) is 0 Å². The van der Waals surface area contributed by atoms with E-state index in [0.717, 1.165) is 64.3 Å². The highest BCUT2D eigenvalue weighted by Gasteiger charge is 2.36. The van der Waals surface area contributed by atoms with Crippen molar-refractivity contribution in [3.63, 3.8) is 0 Å². The summed E-state index contributed by atoms with van der Waals surface area (Å²) in [6.07, 6.45) is 5.52. The molecule has 0 aliphatic carbocycles. The maximum atomic E-state index is 11.3. The highest BCUT2D eigenvalue weighted by Crippen LogP contribution is 2.31. The summed E-state index contributed by atoms with van der Waals surface area (Å²) in [5.41, 5.74) is 0.824. The first kappa shape index (κ1) is 19.7. The van der Waals surface area contributed by atoms with Gasteiger partial charge in [0.05, 0.1) is 39.1 Å². The molecule has 25 heavy (non-hydrogen) atoms. The van der Waals surface area contributed by atoms with Gasteiger partial charge in [0.25, 0.3) is 0 Å². The van der Waals surface area contributed by atoms with Crippen molar-refractivity contribution >= 4 is 5.97 Å². The zero-order valence-electron chi connectivity index (χ0n) is 15.4. The monoisotopic (exact) mass is 350 g/mol. The van der Waals surface area contributed by atoms with Gasteiger partial charge in [-0.2, -0.15) is 0 Å². The Morgan fingerprint density at radius 2 is 1.76 bits per heavy atom. The number of methoxy groups -OCH3 is 1. The van der Waals surface area contributed by atoms with E-state index in [-0.39, 0.29) is 11.4 Å². The van der Waals surface area contributed by atoms with Crippen molar-refractivity contribution in [2.24, 2.45) is 5.41 Å². The molecule has 0 N–H and O–H groups in total. The van der Waals surface area contributed by atoms with E-state index in [0.29, 0.717) is 12.2 Å². The summed E-state index contributed by atoms with van der Waals surface area (Å²) < 4.78 is 21.4. The summed E-state index contributed by atoms with van der Waals surface area (Å²) >= 11 is 0. The van der Waals surface area contributed by atoms with Crippen molar-refractivity contribution in [2.75, 3.05) is 40.1 Å². The van der Waals surface area contributed by atoms with Gasteiger partial charge in [0.1, 0.15) is 5.75 Å². The minimum atomic E-state index is -0.330. The summed E-state index contributed by atoms with van der Waals surface area (Å²) in [4.78, 5) is 11.3. The molecule has 0 atom stereocenters. The molecule has 0 radical (unpaired) electrons. The molecule has 0 bridgehead atoms. The predicted octanol–water partition coefficient (Wildman–Crippen LogP) is 3.86. The highest BCUT2D eigenvalue weighted by atomic mass is 16.5. The fourth-order valence-corrected chi connectivity index (χ4v) is 2.72. The number of rotatable bonds is 12. The van der Waals surface area contributed by atoms with Gasteiger partial charge >= 0.3 is 5.97 Å². The summed E-state index contributed by atoms with van der Waals surface area (Å²) in [5.74, 6) is 0.451. The normalized spacial score (nSPS) is 15.4. The molecule has 5 nitrogen and oxygen atoms in total. The van der Waals surface area contributed by atoms with Gasteiger partial charge in [-0.05, 0) is 49.9 Å². The maximum Gasteiger partial charge on any atom is 0.337 e. The molecule has 1 aromatic rings. The second-order valence-electron chi connectivity index (χ2n) is 6.68. The van der Waals surface area contributed by atoms with Crippen molar-refractivity contribution in [3.8, 4) is 5.75 Å². The van der Waals surface area contributed by atoms with Gasteiger partial charge in [0.2, 0.25) is 0 Å². The largest absolute Gasteiger partial charge is 0.494 e. The summed E-state index contributed by atoms with van der Waals surface area (Å²) in [5, 5.41) is 0. The van der Waals surface area contributed by atoms with Crippen molar-refractivity contribution in [1.29, 1.82) is 0 Å². The third-order valence-electron chi connectivity index (χ3n) is 4.70. The Kier molecular flexibility index (Phi) is 8.22. The van der Waals surface area contributed by atoms with Crippen LogP contribution >= 0.6 is 0 Å². The predicted molar refractivity (Wildman–Crippen MR) is 96.1 cm³/mol. The Morgan fingerprint density at radius 3 is 2.32 bits per heavy atom. The molecule has 2 rings (SSSR count). The Labute approximate surface area is 150 Å². The minimum absolute atomic E-state index is 0.289. The quantitative estimate of drug-likeness (QED) is 0.423. The first-order valence-corrected chi connectivity index (χ1v) is 9.16. The van der Waals surface area contributed by atoms with Gasteiger partial charge in [-0.25, -0.2) is 4.79 Å². The SMILES string of the molecule is CCC1(COCCCCCCOc2ccc(C(=O)OC)cc2)COC1. The Balaban J connectivity index is 1.46. The minimum Gasteiger partial charge on any atom is -0.494 e. The Morgan fingerprint density at radius 1 is 1.08 bits per heavy atom. The van der Waals surface area contributed by atoms with Crippen LogP contribution in [-0.4, -0.2) is 46.1 Å². The number of esters is 1. The highest BCUT2D eigenvalue weighted by molar-refractivity contribution is 5.89. The Hall–Kier alpha value is -1.59. The maximum absolute atomic E-state index is 11.3. The molecule has 0 aromatic heterocycles. The van der Waals surface area contributed by atoms with Crippen LogP contribution < -0.4 is 4.74 Å². The third-order valence-corrected chi connectivity index (χ3v) is 4.70. The number of benzene rings is 1. The van der Waals surface area contributed by atoms with Gasteiger partial charge in [-0.3, -0.25) is 0 Å². The number of carbonyl (C=O) groups excluding carboxylic acids is 1. The molecular formula is C20H30O5. The summed E-state index contributed by atoms with van der Waals surface area (Å²) in [7, 11) is 1.38. The molecule has 1 fully saturated rings. The lowest BCUT2D eigenvalue weighted by Gasteiger charge is -2.40. The van der Waals surface area contributed by atoms with Crippen molar-refractivity contribution < 1.29 is 23.7 Å². The fraction of sp³-hybridized carbons (Fsp3) is 0.650. The summed E-state index contributed by atoms with van der Waals surface area (Å²) in [6.45, 7) is 6.25. The van der Waals surface area contributed by atoms with E-state index in [9.17, 15) is 4.79 Å². The second kappa shape index (κ2) is 10.4. The molecule has 1 heterocycles. The number of carbonyl (C=O) groups is 1. The molecule has 5 heteroatoms. The van der Waals surface area contributed by atoms with E-state index in [2.05, 4.69) is 11.7 Å². The molecule has 0 saturated carbocycles. The first-order chi connectivity index (χ1) is 12.2. The number of hydrogen-bond donors (Lipinski definition) is 0. The van der Waals surface area contributed by atoms with Crippen LogP contribution in [0.5, 0.6) is 5.75 Å². The van der Waals surface area contributed by atoms with E-state index in [4.69, 9.17) is 14.2 Å². The van der Waals surface area contributed by atoms with Crippen LogP contribution in [0.2, 0.25) is 0 Å². The van der Waals surface area contributed by atoms with Crippen LogP contribution in [0.1, 0.15) is 49.4 Å². The molecule has 1 aliphatic heterocycles. The lowest BCUT2D eigenvalue weighted by molar-refractivity contribution is -0.150. The average molecular weight is 350 g/mol. The lowest BCUT2D eigenvalue weighted by Crippen LogP contribution is -2.45. The Bertz CT molecular complexity index is 502. The second-order valence-corrected chi connectivity index (χ2v) is 6.68. The molecule has 0 amide bonds. The van der Waals surface area contributed by atoms with E-state index >= 15 is 0 Å². The van der Waals surface area contributed by atoms with Gasteiger partial charge in [-0.15, -0.1) is 0 Å². The molecule has 1 aromatic carbocycles. The number of ether oxygens (including phenoxy) is 4. The van der Waals surface area contributed by atoms with Crippen molar-refractivity contribution in [2.45, 2.75) is 39.0 Å². The van der Waals surface area contributed by atoms with Crippen LogP contribution in [0.3, 0.4) is 0 Å². The van der Waals surface area contributed by atoms with Crippen LogP contribution in [0.25, 0.3) is 0 Å². The lowest BCUT2D eigenvalue weighted by atomic mass is 9.84. The topological polar surface area (TPSA) is 54.0 Å². The standard InChI is InChI=1S/C20H30O5/c1-3-20(15-24-16-20)14-23-12-6-4-5-7-13-25-18-10-8-17(9-11-18)19(21)22-2/h8-11H,3-7,12-16H2,1-2H3. The van der Waals surface area contributed by atoms with Crippen molar-refractivity contribution in [3.05, 3.63) is 29.8 Å². The van der Waals surface area contributed by atoms with E-state index in [1.54, 1.807) is 24.3 Å². The van der Waals surface area contributed by atoms with E-state index in [1.807, 2.05) is 0 Å². The zero-order chi connectivity index (χ0) is 18.0. The average Bonchev–Trinajstić information content (AvgIpc) is 2.62. The molecule has 1 aliphatic rings. The fourth-order valence-electron chi connectivity index (χ4n) is 2.72. The van der Waals surface area contributed by atoms with Crippen molar-refractivity contribution in [1.82, 2.24) is 0 Å². The van der Waals surface area contributed by atoms with E-state index in [1.165, 1.54) is 7.11 Å². The zero-order valence-corrected chi connectivity index (χ0v) is 15.4. The molecular weight excluding hydrogens is 320 g/mol. The van der Waals surface area contributed by atoms with Crippen LogP contribution in [0.15, 0.2) is 24.3 Å². The third kappa shape index (κ3) is 6.33. The van der Waals surface area contributed by atoms with Crippen LogP contribution in [0, 0.1) is 5.41 Å². The molecule has 1 saturated heterocycles. The first-order valence-electron chi connectivity index (χ1n) is 9.16. The van der Waals surface area contributed by atoms with Gasteiger partial charge < -0.3 is 18.9 Å². The number of hydrogen-bond acceptors (Lipinski definition) is 5. The molecule has 0 spiro atoms. The van der Waals surface area contributed by atoms with Gasteiger partial charge in [0.15, 0.2) is 0 Å². The van der Waals surface area contributed by atoms with Gasteiger partial charge in [-0.1, -0.05) is 13.3 Å². The van der Waals surface area contributed by atoms with Crippen LogP contribution in [-0.2, 0) is 14.2 Å². The number of unbranched alkanes of at least 4 members (excludes halogenated alkanes) is 3.